The Morgan fingerprint density at radius 1 is 1.35 bits per heavy atom. The highest BCUT2D eigenvalue weighted by atomic mass is 32.1. The van der Waals surface area contributed by atoms with Crippen LogP contribution in [0.3, 0.4) is 0 Å². The predicted octanol–water partition coefficient (Wildman–Crippen LogP) is 4.71. The van der Waals surface area contributed by atoms with E-state index in [1.807, 2.05) is 0 Å². The van der Waals surface area contributed by atoms with Crippen molar-refractivity contribution < 1.29 is 4.79 Å². The summed E-state index contributed by atoms with van der Waals surface area (Å²) < 4.78 is 1.75. The molecule has 1 atom stereocenters. The van der Waals surface area contributed by atoms with Crippen LogP contribution in [-0.2, 0) is 24.2 Å². The van der Waals surface area contributed by atoms with Gasteiger partial charge < -0.3 is 0 Å². The van der Waals surface area contributed by atoms with Crippen molar-refractivity contribution in [2.75, 3.05) is 0 Å². The Hall–Kier alpha value is -1.49. The van der Waals surface area contributed by atoms with Gasteiger partial charge in [-0.05, 0) is 43.1 Å². The zero-order valence-corrected chi connectivity index (χ0v) is 17.6. The van der Waals surface area contributed by atoms with E-state index in [0.29, 0.717) is 18.9 Å². The average Bonchev–Trinajstić information content (AvgIpc) is 2.90. The quantitative estimate of drug-likeness (QED) is 0.778. The largest absolute Gasteiger partial charge is 0.300 e. The van der Waals surface area contributed by atoms with Crippen LogP contribution >= 0.6 is 11.3 Å². The summed E-state index contributed by atoms with van der Waals surface area (Å²) in [4.78, 5) is 31.9. The van der Waals surface area contributed by atoms with E-state index in [4.69, 9.17) is 4.98 Å². The van der Waals surface area contributed by atoms with Crippen LogP contribution < -0.4 is 5.56 Å². The van der Waals surface area contributed by atoms with Crippen molar-refractivity contribution in [1.82, 2.24) is 9.55 Å². The lowest BCUT2D eigenvalue weighted by atomic mass is 9.72. The third-order valence-corrected chi connectivity index (χ3v) is 6.78. The molecule has 2 heterocycles. The number of carbonyl (C=O) groups is 1. The fourth-order valence-electron chi connectivity index (χ4n) is 3.94. The van der Waals surface area contributed by atoms with Gasteiger partial charge in [-0.25, -0.2) is 4.98 Å². The van der Waals surface area contributed by atoms with Crippen LogP contribution in [0.25, 0.3) is 10.2 Å². The highest BCUT2D eigenvalue weighted by molar-refractivity contribution is 7.18. The summed E-state index contributed by atoms with van der Waals surface area (Å²) in [6.45, 7) is 13.0. The van der Waals surface area contributed by atoms with Gasteiger partial charge in [-0.15, -0.1) is 11.3 Å². The summed E-state index contributed by atoms with van der Waals surface area (Å²) in [7, 11) is 0. The van der Waals surface area contributed by atoms with E-state index in [0.717, 1.165) is 35.3 Å². The second kappa shape index (κ2) is 6.91. The normalized spacial score (nSPS) is 17.7. The first-order valence-corrected chi connectivity index (χ1v) is 10.5. The minimum atomic E-state index is 0.0478. The number of Topliss-reactive ketones (excluding diaryl/α,β-unsaturated/α-hetero) is 1. The van der Waals surface area contributed by atoms with Crippen molar-refractivity contribution >= 4 is 27.3 Å². The maximum Gasteiger partial charge on any atom is 0.262 e. The van der Waals surface area contributed by atoms with Crippen molar-refractivity contribution in [1.29, 1.82) is 0 Å². The molecule has 0 saturated carbocycles. The molecule has 1 aliphatic rings. The van der Waals surface area contributed by atoms with Gasteiger partial charge >= 0.3 is 0 Å². The van der Waals surface area contributed by atoms with Gasteiger partial charge in [0.1, 0.15) is 16.4 Å². The highest BCUT2D eigenvalue weighted by Crippen LogP contribution is 2.42. The van der Waals surface area contributed by atoms with Crippen LogP contribution in [0.4, 0.5) is 0 Å². The van der Waals surface area contributed by atoms with E-state index in [1.54, 1.807) is 22.8 Å². The third kappa shape index (κ3) is 3.51. The molecule has 0 bridgehead atoms. The van der Waals surface area contributed by atoms with Crippen LogP contribution in [0.1, 0.15) is 76.6 Å². The molecule has 0 aliphatic heterocycles. The summed E-state index contributed by atoms with van der Waals surface area (Å²) in [5, 5.41) is 0.810. The van der Waals surface area contributed by atoms with E-state index in [1.165, 1.54) is 10.4 Å². The number of thiophene rings is 1. The lowest BCUT2D eigenvalue weighted by Crippen LogP contribution is -2.28. The van der Waals surface area contributed by atoms with E-state index < -0.39 is 0 Å². The van der Waals surface area contributed by atoms with E-state index in [-0.39, 0.29) is 22.7 Å². The van der Waals surface area contributed by atoms with E-state index >= 15 is 0 Å². The molecule has 3 rings (SSSR count). The first-order valence-electron chi connectivity index (χ1n) is 9.64. The first kappa shape index (κ1) is 19.3. The Kier molecular flexibility index (Phi) is 5.13. The second-order valence-electron chi connectivity index (χ2n) is 9.02. The molecule has 0 saturated heterocycles. The number of aromatic nitrogens is 2. The van der Waals surface area contributed by atoms with Gasteiger partial charge in [0.2, 0.25) is 0 Å². The molecule has 0 fully saturated rings. The number of nitrogens with zero attached hydrogens (tertiary/aromatic N) is 2. The lowest BCUT2D eigenvalue weighted by molar-refractivity contribution is -0.117. The van der Waals surface area contributed by atoms with Gasteiger partial charge in [-0.2, -0.15) is 0 Å². The molecular formula is C21H30N2O2S. The maximum atomic E-state index is 13.3. The minimum Gasteiger partial charge on any atom is -0.300 e. The number of ketones is 1. The predicted molar refractivity (Wildman–Crippen MR) is 108 cm³/mol. The molecule has 2 aromatic rings. The number of fused-ring (bicyclic) bond motifs is 3. The monoisotopic (exact) mass is 374 g/mol. The molecule has 0 amide bonds. The molecule has 5 heteroatoms. The summed E-state index contributed by atoms with van der Waals surface area (Å²) in [5.41, 5.74) is 1.55. The first-order chi connectivity index (χ1) is 12.1. The summed E-state index contributed by atoms with van der Waals surface area (Å²) in [6, 6.07) is 0. The molecule has 0 spiro atoms. The summed E-state index contributed by atoms with van der Waals surface area (Å²) in [6.07, 6.45) is 3.51. The molecule has 142 valence electrons. The molecule has 1 unspecified atom stereocenters. The fourth-order valence-corrected chi connectivity index (χ4v) is 5.24. The van der Waals surface area contributed by atoms with Gasteiger partial charge in [-0.1, -0.05) is 34.6 Å². The molecule has 1 aliphatic carbocycles. The van der Waals surface area contributed by atoms with Gasteiger partial charge in [0.25, 0.3) is 5.56 Å². The standard InChI is InChI=1S/C21H30N2O2S/c1-12(2)18-22-19-17(20(25)23(18)10-9-13(3)24)15-8-7-14(21(4,5)6)11-16(15)26-19/h12,14H,7-11H2,1-6H3. The number of rotatable bonds is 4. The van der Waals surface area contributed by atoms with Crippen LogP contribution in [0.15, 0.2) is 4.79 Å². The molecular weight excluding hydrogens is 344 g/mol. The van der Waals surface area contributed by atoms with Crippen LogP contribution in [0, 0.1) is 11.3 Å². The lowest BCUT2D eigenvalue weighted by Gasteiger charge is -2.33. The second-order valence-corrected chi connectivity index (χ2v) is 10.1. The van der Waals surface area contributed by atoms with Gasteiger partial charge in [0.05, 0.1) is 5.39 Å². The number of carbonyl (C=O) groups excluding carboxylic acids is 1. The third-order valence-electron chi connectivity index (χ3n) is 5.63. The fraction of sp³-hybridized carbons (Fsp3) is 0.667. The Bertz CT molecular complexity index is 899. The van der Waals surface area contributed by atoms with Crippen LogP contribution in [0.5, 0.6) is 0 Å². The molecule has 0 N–H and O–H groups in total. The van der Waals surface area contributed by atoms with Crippen molar-refractivity contribution in [3.8, 4) is 0 Å². The Labute approximate surface area is 159 Å². The molecule has 2 aromatic heterocycles. The zero-order valence-electron chi connectivity index (χ0n) is 16.8. The van der Waals surface area contributed by atoms with Crippen LogP contribution in [0.2, 0.25) is 0 Å². The number of aryl methyl sites for hydroxylation is 1. The van der Waals surface area contributed by atoms with Crippen molar-refractivity contribution in [3.05, 3.63) is 26.6 Å². The Morgan fingerprint density at radius 3 is 2.62 bits per heavy atom. The van der Waals surface area contributed by atoms with E-state index in [9.17, 15) is 9.59 Å². The van der Waals surface area contributed by atoms with Gasteiger partial charge in [-0.3, -0.25) is 14.2 Å². The smallest absolute Gasteiger partial charge is 0.262 e. The minimum absolute atomic E-state index is 0.0478. The molecule has 0 aromatic carbocycles. The molecule has 0 radical (unpaired) electrons. The maximum absolute atomic E-state index is 13.3. The van der Waals surface area contributed by atoms with Crippen molar-refractivity contribution in [2.24, 2.45) is 11.3 Å². The summed E-state index contributed by atoms with van der Waals surface area (Å²) >= 11 is 1.71. The van der Waals surface area contributed by atoms with Crippen molar-refractivity contribution in [3.63, 3.8) is 0 Å². The Morgan fingerprint density at radius 2 is 2.04 bits per heavy atom. The molecule has 26 heavy (non-hydrogen) atoms. The van der Waals surface area contributed by atoms with Crippen molar-refractivity contribution in [2.45, 2.75) is 79.7 Å². The SMILES string of the molecule is CC(=O)CCn1c(C(C)C)nc2sc3c(c2c1=O)CCC(C(C)(C)C)C3. The van der Waals surface area contributed by atoms with Crippen LogP contribution in [-0.4, -0.2) is 15.3 Å². The topological polar surface area (TPSA) is 52.0 Å². The highest BCUT2D eigenvalue weighted by Gasteiger charge is 2.32. The molecule has 4 nitrogen and oxygen atoms in total. The van der Waals surface area contributed by atoms with E-state index in [2.05, 4.69) is 34.6 Å². The average molecular weight is 375 g/mol. The number of hydrogen-bond donors (Lipinski definition) is 0. The Balaban J connectivity index is 2.13. The van der Waals surface area contributed by atoms with Gasteiger partial charge in [0, 0.05) is 23.8 Å². The zero-order chi connectivity index (χ0) is 19.2. The number of hydrogen-bond acceptors (Lipinski definition) is 4. The summed E-state index contributed by atoms with van der Waals surface area (Å²) in [5.74, 6) is 1.70. The van der Waals surface area contributed by atoms with Gasteiger partial charge in [0.15, 0.2) is 0 Å².